The summed E-state index contributed by atoms with van der Waals surface area (Å²) in [6, 6.07) is 0. The van der Waals surface area contributed by atoms with E-state index in [1.54, 1.807) is 6.92 Å². The third kappa shape index (κ3) is 4.63. The molecule has 0 radical (unpaired) electrons. The van der Waals surface area contributed by atoms with E-state index >= 15 is 0 Å². The number of carboxylic acids is 1. The van der Waals surface area contributed by atoms with Crippen LogP contribution in [-0.4, -0.2) is 22.0 Å². The van der Waals surface area contributed by atoms with Crippen molar-refractivity contribution in [1.82, 2.24) is 10.3 Å². The highest BCUT2D eigenvalue weighted by molar-refractivity contribution is 7.13. The first-order valence-corrected chi connectivity index (χ1v) is 7.24. The second-order valence-corrected chi connectivity index (χ2v) is 5.67. The molecule has 0 aliphatic rings. The van der Waals surface area contributed by atoms with E-state index in [2.05, 4.69) is 17.2 Å². The van der Waals surface area contributed by atoms with Crippen LogP contribution in [0.25, 0.3) is 0 Å². The average Bonchev–Trinajstić information content (AvgIpc) is 2.74. The van der Waals surface area contributed by atoms with Crippen molar-refractivity contribution in [3.63, 3.8) is 0 Å². The number of nitrogens with zero attached hydrogens (tertiary/aromatic N) is 1. The number of nitrogens with one attached hydrogen (secondary N) is 1. The summed E-state index contributed by atoms with van der Waals surface area (Å²) < 4.78 is 0. The Hall–Kier alpha value is -1.43. The van der Waals surface area contributed by atoms with E-state index < -0.39 is 5.97 Å². The molecule has 1 aromatic rings. The number of rotatable bonds is 7. The number of hydrogen-bond acceptors (Lipinski definition) is 4. The molecule has 1 heterocycles. The number of hydrogen-bond donors (Lipinski definition) is 2. The fourth-order valence-electron chi connectivity index (χ4n) is 1.70. The molecule has 0 saturated carbocycles. The topological polar surface area (TPSA) is 79.3 Å². The largest absolute Gasteiger partial charge is 0.477 e. The van der Waals surface area contributed by atoms with Gasteiger partial charge in [-0.25, -0.2) is 9.78 Å². The lowest BCUT2D eigenvalue weighted by Gasteiger charge is -2.10. The van der Waals surface area contributed by atoms with E-state index in [-0.39, 0.29) is 16.7 Å². The molecule has 0 aliphatic heterocycles. The van der Waals surface area contributed by atoms with E-state index in [4.69, 9.17) is 5.11 Å². The van der Waals surface area contributed by atoms with Gasteiger partial charge in [0.2, 0.25) is 5.91 Å². The van der Waals surface area contributed by atoms with Crippen molar-refractivity contribution in [1.29, 1.82) is 0 Å². The number of aromatic carboxylic acids is 1. The monoisotopic (exact) mass is 284 g/mol. The summed E-state index contributed by atoms with van der Waals surface area (Å²) in [7, 11) is 0. The van der Waals surface area contributed by atoms with Gasteiger partial charge in [0.15, 0.2) is 0 Å². The molecule has 0 saturated heterocycles. The molecule has 0 aliphatic carbocycles. The highest BCUT2D eigenvalue weighted by Gasteiger charge is 2.16. The molecule has 2 N–H and O–H groups in total. The molecule has 1 unspecified atom stereocenters. The van der Waals surface area contributed by atoms with Gasteiger partial charge in [-0.05, 0) is 13.3 Å². The number of carbonyl (C=O) groups is 2. The van der Waals surface area contributed by atoms with Crippen LogP contribution >= 0.6 is 11.3 Å². The number of aromatic nitrogens is 1. The first-order chi connectivity index (χ1) is 8.95. The average molecular weight is 284 g/mol. The Bertz CT molecular complexity index is 457. The van der Waals surface area contributed by atoms with Gasteiger partial charge >= 0.3 is 5.97 Å². The van der Waals surface area contributed by atoms with Crippen LogP contribution in [0.1, 0.15) is 53.5 Å². The Morgan fingerprint density at radius 1 is 1.47 bits per heavy atom. The minimum atomic E-state index is -0.969. The Kier molecular flexibility index (Phi) is 5.95. The minimum absolute atomic E-state index is 0.00169. The first-order valence-electron chi connectivity index (χ1n) is 6.43. The van der Waals surface area contributed by atoms with Crippen LogP contribution in [0.5, 0.6) is 0 Å². The molecule has 1 atom stereocenters. The van der Waals surface area contributed by atoms with Gasteiger partial charge in [0, 0.05) is 5.92 Å². The SMILES string of the molecule is CCCCC(C)C(=O)NCc1nc(C)c(C(=O)O)s1. The summed E-state index contributed by atoms with van der Waals surface area (Å²) in [6.07, 6.45) is 2.99. The molecule has 1 rings (SSSR count). The van der Waals surface area contributed by atoms with Crippen LogP contribution < -0.4 is 5.32 Å². The fraction of sp³-hybridized carbons (Fsp3) is 0.615. The molecule has 6 heteroatoms. The molecular formula is C13H20N2O3S. The number of amides is 1. The minimum Gasteiger partial charge on any atom is -0.477 e. The second-order valence-electron chi connectivity index (χ2n) is 4.59. The molecule has 19 heavy (non-hydrogen) atoms. The zero-order valence-electron chi connectivity index (χ0n) is 11.5. The van der Waals surface area contributed by atoms with Crippen molar-refractivity contribution in [3.05, 3.63) is 15.6 Å². The summed E-state index contributed by atoms with van der Waals surface area (Å²) in [4.78, 5) is 27.1. The maximum atomic E-state index is 11.8. The van der Waals surface area contributed by atoms with E-state index in [9.17, 15) is 9.59 Å². The second kappa shape index (κ2) is 7.23. The Labute approximate surface area is 117 Å². The molecule has 106 valence electrons. The predicted molar refractivity (Wildman–Crippen MR) is 74.3 cm³/mol. The molecule has 0 aromatic carbocycles. The quantitative estimate of drug-likeness (QED) is 0.806. The maximum Gasteiger partial charge on any atom is 0.347 e. The smallest absolute Gasteiger partial charge is 0.347 e. The Balaban J connectivity index is 2.50. The van der Waals surface area contributed by atoms with E-state index in [0.29, 0.717) is 17.2 Å². The number of thiazole rings is 1. The molecule has 5 nitrogen and oxygen atoms in total. The molecule has 0 fully saturated rings. The lowest BCUT2D eigenvalue weighted by molar-refractivity contribution is -0.124. The normalized spacial score (nSPS) is 12.2. The summed E-state index contributed by atoms with van der Waals surface area (Å²) >= 11 is 1.11. The van der Waals surface area contributed by atoms with Crippen LogP contribution in [0.4, 0.5) is 0 Å². The van der Waals surface area contributed by atoms with E-state index in [1.807, 2.05) is 6.92 Å². The number of carboxylic acid groups (broad SMARTS) is 1. The number of carbonyl (C=O) groups excluding carboxylic acids is 1. The number of aryl methyl sites for hydroxylation is 1. The molecule has 1 aromatic heterocycles. The van der Waals surface area contributed by atoms with Crippen LogP contribution in [0.3, 0.4) is 0 Å². The third-order valence-corrected chi connectivity index (χ3v) is 4.03. The third-order valence-electron chi connectivity index (χ3n) is 2.89. The Morgan fingerprint density at radius 3 is 2.68 bits per heavy atom. The van der Waals surface area contributed by atoms with Gasteiger partial charge < -0.3 is 10.4 Å². The maximum absolute atomic E-state index is 11.8. The molecular weight excluding hydrogens is 264 g/mol. The zero-order chi connectivity index (χ0) is 14.4. The van der Waals surface area contributed by atoms with Gasteiger partial charge in [0.1, 0.15) is 9.88 Å². The predicted octanol–water partition coefficient (Wildman–Crippen LogP) is 2.59. The molecule has 0 bridgehead atoms. The van der Waals surface area contributed by atoms with Gasteiger partial charge in [0.25, 0.3) is 0 Å². The zero-order valence-corrected chi connectivity index (χ0v) is 12.3. The van der Waals surface area contributed by atoms with Crippen molar-refractivity contribution in [2.75, 3.05) is 0 Å². The van der Waals surface area contributed by atoms with Crippen molar-refractivity contribution in [2.24, 2.45) is 5.92 Å². The van der Waals surface area contributed by atoms with Crippen molar-refractivity contribution in [3.8, 4) is 0 Å². The summed E-state index contributed by atoms with van der Waals surface area (Å²) in [6.45, 7) is 5.96. The fourth-order valence-corrected chi connectivity index (χ4v) is 2.55. The molecule has 1 amide bonds. The lowest BCUT2D eigenvalue weighted by atomic mass is 10.0. The number of unbranched alkanes of at least 4 members (excludes halogenated alkanes) is 1. The highest BCUT2D eigenvalue weighted by atomic mass is 32.1. The van der Waals surface area contributed by atoms with E-state index in [0.717, 1.165) is 30.6 Å². The first kappa shape index (κ1) is 15.6. The summed E-state index contributed by atoms with van der Waals surface area (Å²) in [5, 5.41) is 12.4. The van der Waals surface area contributed by atoms with Crippen molar-refractivity contribution < 1.29 is 14.7 Å². The summed E-state index contributed by atoms with van der Waals surface area (Å²) in [5.74, 6) is -0.984. The van der Waals surface area contributed by atoms with Crippen LogP contribution in [0, 0.1) is 12.8 Å². The van der Waals surface area contributed by atoms with Crippen LogP contribution in [0.2, 0.25) is 0 Å². The van der Waals surface area contributed by atoms with Crippen molar-refractivity contribution in [2.45, 2.75) is 46.6 Å². The highest BCUT2D eigenvalue weighted by Crippen LogP contribution is 2.18. The van der Waals surface area contributed by atoms with Gasteiger partial charge in [0.05, 0.1) is 12.2 Å². The van der Waals surface area contributed by atoms with Crippen LogP contribution in [-0.2, 0) is 11.3 Å². The van der Waals surface area contributed by atoms with Crippen molar-refractivity contribution >= 4 is 23.2 Å². The molecule has 0 spiro atoms. The standard InChI is InChI=1S/C13H20N2O3S/c1-4-5-6-8(2)12(16)14-7-10-15-9(3)11(19-10)13(17)18/h8H,4-7H2,1-3H3,(H,14,16)(H,17,18). The van der Waals surface area contributed by atoms with Gasteiger partial charge in [-0.3, -0.25) is 4.79 Å². The Morgan fingerprint density at radius 2 is 2.16 bits per heavy atom. The van der Waals surface area contributed by atoms with Gasteiger partial charge in [-0.2, -0.15) is 0 Å². The lowest BCUT2D eigenvalue weighted by Crippen LogP contribution is -2.28. The van der Waals surface area contributed by atoms with Gasteiger partial charge in [-0.15, -0.1) is 11.3 Å². The van der Waals surface area contributed by atoms with E-state index in [1.165, 1.54) is 0 Å². The summed E-state index contributed by atoms with van der Waals surface area (Å²) in [5.41, 5.74) is 0.501. The van der Waals surface area contributed by atoms with Gasteiger partial charge in [-0.1, -0.05) is 26.7 Å². The van der Waals surface area contributed by atoms with Crippen LogP contribution in [0.15, 0.2) is 0 Å².